The molecule has 0 spiro atoms. The van der Waals surface area contributed by atoms with Crippen LogP contribution in [0.3, 0.4) is 0 Å². The van der Waals surface area contributed by atoms with Gasteiger partial charge in [-0.05, 0) is 62.9 Å². The van der Waals surface area contributed by atoms with E-state index in [4.69, 9.17) is 16.3 Å². The number of halogens is 1. The third-order valence-corrected chi connectivity index (χ3v) is 5.72. The highest BCUT2D eigenvalue weighted by Crippen LogP contribution is 2.31. The molecule has 0 amide bonds. The van der Waals surface area contributed by atoms with Crippen molar-refractivity contribution in [1.29, 1.82) is 0 Å². The van der Waals surface area contributed by atoms with Crippen molar-refractivity contribution >= 4 is 23.6 Å². The SMILES string of the molecule is CCOC(=O)C1CCCN(CCC/C=C/c2ccccc2-c2ccccc2Cl)C1. The van der Waals surface area contributed by atoms with Crippen molar-refractivity contribution in [2.24, 2.45) is 5.92 Å². The van der Waals surface area contributed by atoms with Gasteiger partial charge >= 0.3 is 5.97 Å². The maximum atomic E-state index is 12.0. The molecule has 2 aromatic rings. The van der Waals surface area contributed by atoms with E-state index in [1.165, 1.54) is 5.56 Å². The van der Waals surface area contributed by atoms with Gasteiger partial charge in [0.05, 0.1) is 12.5 Å². The summed E-state index contributed by atoms with van der Waals surface area (Å²) in [5.74, 6) is 0.00927. The fourth-order valence-corrected chi connectivity index (χ4v) is 4.16. The maximum Gasteiger partial charge on any atom is 0.310 e. The van der Waals surface area contributed by atoms with Gasteiger partial charge in [0.1, 0.15) is 0 Å². The van der Waals surface area contributed by atoms with Gasteiger partial charge in [-0.1, -0.05) is 66.2 Å². The lowest BCUT2D eigenvalue weighted by atomic mass is 9.98. The largest absolute Gasteiger partial charge is 0.466 e. The van der Waals surface area contributed by atoms with Gasteiger partial charge in [-0.25, -0.2) is 0 Å². The zero-order valence-electron chi connectivity index (χ0n) is 17.1. The number of ether oxygens (including phenoxy) is 1. The summed E-state index contributed by atoms with van der Waals surface area (Å²) in [6.07, 6.45) is 8.55. The molecule has 3 rings (SSSR count). The molecule has 1 aliphatic heterocycles. The Kier molecular flexibility index (Phi) is 8.33. The number of piperidine rings is 1. The van der Waals surface area contributed by atoms with Gasteiger partial charge in [0, 0.05) is 17.1 Å². The van der Waals surface area contributed by atoms with E-state index in [1.807, 2.05) is 31.2 Å². The van der Waals surface area contributed by atoms with E-state index < -0.39 is 0 Å². The van der Waals surface area contributed by atoms with Crippen molar-refractivity contribution in [3.05, 3.63) is 65.2 Å². The number of allylic oxidation sites excluding steroid dienone is 1. The summed E-state index contributed by atoms with van der Waals surface area (Å²) in [4.78, 5) is 14.4. The minimum atomic E-state index is -0.0340. The number of likely N-dealkylation sites (tertiary alicyclic amines) is 1. The summed E-state index contributed by atoms with van der Waals surface area (Å²) < 4.78 is 5.19. The van der Waals surface area contributed by atoms with Crippen LogP contribution in [-0.4, -0.2) is 37.1 Å². The smallest absolute Gasteiger partial charge is 0.310 e. The van der Waals surface area contributed by atoms with Crippen LogP contribution in [0.25, 0.3) is 17.2 Å². The lowest BCUT2D eigenvalue weighted by Crippen LogP contribution is -2.39. The molecule has 1 fully saturated rings. The second-order valence-electron chi connectivity index (χ2n) is 7.50. The van der Waals surface area contributed by atoms with E-state index >= 15 is 0 Å². The number of carbonyl (C=O) groups excluding carboxylic acids is 1. The Morgan fingerprint density at radius 3 is 2.72 bits per heavy atom. The average Bonchev–Trinajstić information content (AvgIpc) is 2.75. The molecule has 1 saturated heterocycles. The van der Waals surface area contributed by atoms with Crippen LogP contribution in [0, 0.1) is 5.92 Å². The molecule has 1 atom stereocenters. The van der Waals surface area contributed by atoms with Crippen LogP contribution in [0.4, 0.5) is 0 Å². The highest BCUT2D eigenvalue weighted by molar-refractivity contribution is 6.33. The number of hydrogen-bond donors (Lipinski definition) is 0. The molecule has 3 nitrogen and oxygen atoms in total. The fraction of sp³-hybridized carbons (Fsp3) is 0.400. The van der Waals surface area contributed by atoms with E-state index in [2.05, 4.69) is 41.3 Å². The molecule has 0 N–H and O–H groups in total. The predicted molar refractivity (Wildman–Crippen MR) is 121 cm³/mol. The Labute approximate surface area is 179 Å². The first-order chi connectivity index (χ1) is 14.2. The number of carbonyl (C=O) groups is 1. The molecule has 154 valence electrons. The first-order valence-corrected chi connectivity index (χ1v) is 11.0. The van der Waals surface area contributed by atoms with Crippen LogP contribution in [0.5, 0.6) is 0 Å². The van der Waals surface area contributed by atoms with Crippen LogP contribution in [0.2, 0.25) is 5.02 Å². The van der Waals surface area contributed by atoms with E-state index in [0.717, 1.165) is 61.5 Å². The zero-order chi connectivity index (χ0) is 20.5. The number of benzene rings is 2. The molecule has 1 unspecified atom stereocenters. The lowest BCUT2D eigenvalue weighted by Gasteiger charge is -2.31. The van der Waals surface area contributed by atoms with Gasteiger partial charge in [0.2, 0.25) is 0 Å². The molecule has 29 heavy (non-hydrogen) atoms. The predicted octanol–water partition coefficient (Wildman–Crippen LogP) is 6.08. The molecule has 0 radical (unpaired) electrons. The summed E-state index contributed by atoms with van der Waals surface area (Å²) in [6, 6.07) is 16.3. The molecule has 1 heterocycles. The highest BCUT2D eigenvalue weighted by Gasteiger charge is 2.26. The quantitative estimate of drug-likeness (QED) is 0.389. The van der Waals surface area contributed by atoms with Gasteiger partial charge in [-0.2, -0.15) is 0 Å². The minimum absolute atomic E-state index is 0.0340. The summed E-state index contributed by atoms with van der Waals surface area (Å²) in [5, 5.41) is 0.773. The summed E-state index contributed by atoms with van der Waals surface area (Å²) in [7, 11) is 0. The third kappa shape index (κ3) is 6.19. The second-order valence-corrected chi connectivity index (χ2v) is 7.91. The Bertz CT molecular complexity index is 833. The summed E-state index contributed by atoms with van der Waals surface area (Å²) >= 11 is 6.39. The average molecular weight is 412 g/mol. The first-order valence-electron chi connectivity index (χ1n) is 10.6. The molecule has 0 aromatic heterocycles. The third-order valence-electron chi connectivity index (χ3n) is 5.39. The Hall–Kier alpha value is -2.10. The van der Waals surface area contributed by atoms with Crippen LogP contribution in [0.15, 0.2) is 54.6 Å². The lowest BCUT2D eigenvalue weighted by molar-refractivity contribution is -0.149. The number of nitrogens with zero attached hydrogens (tertiary/aromatic N) is 1. The molecule has 0 bridgehead atoms. The standard InChI is InChI=1S/C25H30ClNO2/c1-2-29-25(28)21-13-10-18-27(19-21)17-9-3-4-11-20-12-5-6-14-22(20)23-15-7-8-16-24(23)26/h4-8,11-12,14-16,21H,2-3,9-10,13,17-19H2,1H3/b11-4+. The van der Waals surface area contributed by atoms with E-state index in [9.17, 15) is 4.79 Å². The molecule has 1 aliphatic rings. The van der Waals surface area contributed by atoms with Crippen LogP contribution in [0.1, 0.15) is 38.2 Å². The summed E-state index contributed by atoms with van der Waals surface area (Å²) in [5.41, 5.74) is 3.40. The monoisotopic (exact) mass is 411 g/mol. The maximum absolute atomic E-state index is 12.0. The second kappa shape index (κ2) is 11.2. The Morgan fingerprint density at radius 1 is 1.17 bits per heavy atom. The Morgan fingerprint density at radius 2 is 1.93 bits per heavy atom. The van der Waals surface area contributed by atoms with Crippen LogP contribution < -0.4 is 0 Å². The number of hydrogen-bond acceptors (Lipinski definition) is 3. The number of rotatable bonds is 8. The van der Waals surface area contributed by atoms with E-state index in [0.29, 0.717) is 6.61 Å². The van der Waals surface area contributed by atoms with Crippen molar-refractivity contribution in [2.45, 2.75) is 32.6 Å². The summed E-state index contributed by atoms with van der Waals surface area (Å²) in [6.45, 7) is 5.27. The van der Waals surface area contributed by atoms with Gasteiger partial charge in [0.25, 0.3) is 0 Å². The van der Waals surface area contributed by atoms with Crippen LogP contribution in [-0.2, 0) is 9.53 Å². The van der Waals surface area contributed by atoms with Crippen molar-refractivity contribution < 1.29 is 9.53 Å². The van der Waals surface area contributed by atoms with Crippen molar-refractivity contribution in [3.63, 3.8) is 0 Å². The molecular formula is C25H30ClNO2. The Balaban J connectivity index is 1.52. The zero-order valence-corrected chi connectivity index (χ0v) is 17.9. The topological polar surface area (TPSA) is 29.5 Å². The normalized spacial score (nSPS) is 17.5. The van der Waals surface area contributed by atoms with Gasteiger partial charge in [-0.15, -0.1) is 0 Å². The molecule has 0 aliphatic carbocycles. The number of unbranched alkanes of at least 4 members (excludes halogenated alkanes) is 1. The van der Waals surface area contributed by atoms with Gasteiger partial charge < -0.3 is 9.64 Å². The van der Waals surface area contributed by atoms with Gasteiger partial charge in [0.15, 0.2) is 0 Å². The van der Waals surface area contributed by atoms with Crippen molar-refractivity contribution in [3.8, 4) is 11.1 Å². The molecular weight excluding hydrogens is 382 g/mol. The fourth-order valence-electron chi connectivity index (χ4n) is 3.92. The van der Waals surface area contributed by atoms with Crippen molar-refractivity contribution in [2.75, 3.05) is 26.2 Å². The van der Waals surface area contributed by atoms with E-state index in [1.54, 1.807) is 0 Å². The van der Waals surface area contributed by atoms with Crippen LogP contribution >= 0.6 is 11.6 Å². The molecule has 4 heteroatoms. The first kappa shape index (κ1) is 21.6. The minimum Gasteiger partial charge on any atom is -0.466 e. The van der Waals surface area contributed by atoms with E-state index in [-0.39, 0.29) is 11.9 Å². The molecule has 0 saturated carbocycles. The van der Waals surface area contributed by atoms with Gasteiger partial charge in [-0.3, -0.25) is 4.79 Å². The highest BCUT2D eigenvalue weighted by atomic mass is 35.5. The number of esters is 1. The molecule has 2 aromatic carbocycles. The van der Waals surface area contributed by atoms with Crippen molar-refractivity contribution in [1.82, 2.24) is 4.90 Å².